The summed E-state index contributed by atoms with van der Waals surface area (Å²) in [6.07, 6.45) is -0.163. The van der Waals surface area contributed by atoms with E-state index in [0.29, 0.717) is 5.56 Å². The van der Waals surface area contributed by atoms with Gasteiger partial charge in [0.2, 0.25) is 0 Å². The Bertz CT molecular complexity index is 643. The molecule has 2 N–H and O–H groups in total. The summed E-state index contributed by atoms with van der Waals surface area (Å²) in [5, 5.41) is 11.8. The van der Waals surface area contributed by atoms with Crippen molar-refractivity contribution in [3.63, 3.8) is 0 Å². The van der Waals surface area contributed by atoms with Gasteiger partial charge in [-0.15, -0.1) is 0 Å². The van der Waals surface area contributed by atoms with Crippen LogP contribution in [0.25, 0.3) is 0 Å². The molecule has 0 aliphatic rings. The number of halogens is 1. The van der Waals surface area contributed by atoms with E-state index in [9.17, 15) is 9.59 Å². The standard InChI is InChI=1S/C16H14BrNO3/c17-13-8-4-7-12(9-13)16(21)18-14(10-15(19)20)11-5-2-1-3-6-11/h1-9,14H,10H2,(H,18,21)(H,19,20)/t14-/m0/s1. The highest BCUT2D eigenvalue weighted by Crippen LogP contribution is 2.18. The van der Waals surface area contributed by atoms with Gasteiger partial charge in [-0.25, -0.2) is 0 Å². The fourth-order valence-electron chi connectivity index (χ4n) is 1.98. The van der Waals surface area contributed by atoms with Gasteiger partial charge in [0.05, 0.1) is 12.5 Å². The molecule has 21 heavy (non-hydrogen) atoms. The van der Waals surface area contributed by atoms with Crippen LogP contribution in [0.1, 0.15) is 28.4 Å². The number of aliphatic carboxylic acids is 1. The SMILES string of the molecule is O=C(O)C[C@H](NC(=O)c1cccc(Br)c1)c1ccccc1. The van der Waals surface area contributed by atoms with Crippen molar-refractivity contribution in [3.8, 4) is 0 Å². The summed E-state index contributed by atoms with van der Waals surface area (Å²) in [5.74, 6) is -1.26. The zero-order chi connectivity index (χ0) is 15.2. The average Bonchev–Trinajstić information content (AvgIpc) is 2.47. The Labute approximate surface area is 130 Å². The van der Waals surface area contributed by atoms with Crippen molar-refractivity contribution in [2.24, 2.45) is 0 Å². The molecule has 2 rings (SSSR count). The van der Waals surface area contributed by atoms with Gasteiger partial charge in [0.15, 0.2) is 0 Å². The maximum Gasteiger partial charge on any atom is 0.305 e. The van der Waals surface area contributed by atoms with E-state index in [1.165, 1.54) is 0 Å². The number of carboxylic acid groups (broad SMARTS) is 1. The van der Waals surface area contributed by atoms with E-state index in [1.807, 2.05) is 24.3 Å². The van der Waals surface area contributed by atoms with Gasteiger partial charge in [-0.05, 0) is 23.8 Å². The second-order valence-corrected chi connectivity index (χ2v) is 5.46. The molecule has 1 amide bonds. The van der Waals surface area contributed by atoms with Gasteiger partial charge in [0, 0.05) is 10.0 Å². The number of hydrogen-bond acceptors (Lipinski definition) is 2. The molecule has 0 unspecified atom stereocenters. The van der Waals surface area contributed by atoms with Gasteiger partial charge in [0.1, 0.15) is 0 Å². The first-order valence-corrected chi connectivity index (χ1v) is 7.19. The van der Waals surface area contributed by atoms with Gasteiger partial charge in [0.25, 0.3) is 5.91 Å². The maximum atomic E-state index is 12.2. The summed E-state index contributed by atoms with van der Waals surface area (Å²) in [5.41, 5.74) is 1.25. The molecule has 0 spiro atoms. The minimum Gasteiger partial charge on any atom is -0.481 e. The first-order valence-electron chi connectivity index (χ1n) is 6.39. The lowest BCUT2D eigenvalue weighted by Gasteiger charge is -2.17. The summed E-state index contributed by atoms with van der Waals surface area (Å²) in [6.45, 7) is 0. The molecule has 108 valence electrons. The second-order valence-electron chi connectivity index (χ2n) is 4.54. The van der Waals surface area contributed by atoms with E-state index in [1.54, 1.807) is 30.3 Å². The minimum absolute atomic E-state index is 0.163. The minimum atomic E-state index is -0.960. The number of carboxylic acids is 1. The molecule has 1 atom stereocenters. The van der Waals surface area contributed by atoms with Crippen LogP contribution in [-0.4, -0.2) is 17.0 Å². The van der Waals surface area contributed by atoms with Crippen LogP contribution in [0.2, 0.25) is 0 Å². The summed E-state index contributed by atoms with van der Waals surface area (Å²) >= 11 is 3.31. The van der Waals surface area contributed by atoms with Gasteiger partial charge in [-0.1, -0.05) is 52.3 Å². The Morgan fingerprint density at radius 2 is 1.81 bits per heavy atom. The van der Waals surface area contributed by atoms with E-state index >= 15 is 0 Å². The zero-order valence-corrected chi connectivity index (χ0v) is 12.7. The lowest BCUT2D eigenvalue weighted by atomic mass is 10.0. The Balaban J connectivity index is 2.19. The summed E-state index contributed by atoms with van der Waals surface area (Å²) in [4.78, 5) is 23.2. The van der Waals surface area contributed by atoms with Crippen LogP contribution in [0.15, 0.2) is 59.1 Å². The van der Waals surface area contributed by atoms with Crippen molar-refractivity contribution in [2.45, 2.75) is 12.5 Å². The van der Waals surface area contributed by atoms with Gasteiger partial charge < -0.3 is 10.4 Å². The number of carbonyl (C=O) groups is 2. The normalized spacial score (nSPS) is 11.7. The molecular formula is C16H14BrNO3. The molecule has 5 heteroatoms. The third-order valence-corrected chi connectivity index (χ3v) is 3.47. The van der Waals surface area contributed by atoms with Gasteiger partial charge in [-0.2, -0.15) is 0 Å². The zero-order valence-electron chi connectivity index (χ0n) is 11.1. The number of hydrogen-bond donors (Lipinski definition) is 2. The van der Waals surface area contributed by atoms with Crippen LogP contribution in [0.3, 0.4) is 0 Å². The molecule has 4 nitrogen and oxygen atoms in total. The molecule has 0 aliphatic carbocycles. The van der Waals surface area contributed by atoms with Crippen LogP contribution in [0.4, 0.5) is 0 Å². The number of rotatable bonds is 5. The highest BCUT2D eigenvalue weighted by atomic mass is 79.9. The van der Waals surface area contributed by atoms with E-state index in [2.05, 4.69) is 21.2 Å². The second kappa shape index (κ2) is 7.04. The van der Waals surface area contributed by atoms with Crippen molar-refractivity contribution in [3.05, 3.63) is 70.2 Å². The third-order valence-electron chi connectivity index (χ3n) is 2.97. The predicted octanol–water partition coefficient (Wildman–Crippen LogP) is 3.39. The molecule has 0 heterocycles. The number of carbonyl (C=O) groups excluding carboxylic acids is 1. The summed E-state index contributed by atoms with van der Waals surface area (Å²) in [7, 11) is 0. The van der Waals surface area contributed by atoms with Crippen LogP contribution < -0.4 is 5.32 Å². The molecule has 2 aromatic carbocycles. The first kappa shape index (κ1) is 15.3. The van der Waals surface area contributed by atoms with Gasteiger partial charge in [-0.3, -0.25) is 9.59 Å². The van der Waals surface area contributed by atoms with Crippen molar-refractivity contribution in [1.82, 2.24) is 5.32 Å². The summed E-state index contributed by atoms with van der Waals surface area (Å²) < 4.78 is 0.796. The largest absolute Gasteiger partial charge is 0.481 e. The van der Waals surface area contributed by atoms with Crippen molar-refractivity contribution in [1.29, 1.82) is 0 Å². The first-order chi connectivity index (χ1) is 10.1. The molecule has 2 aromatic rings. The monoisotopic (exact) mass is 347 g/mol. The molecule has 0 bridgehead atoms. The van der Waals surface area contributed by atoms with E-state index in [-0.39, 0.29) is 12.3 Å². The topological polar surface area (TPSA) is 66.4 Å². The molecule has 0 aliphatic heterocycles. The van der Waals surface area contributed by atoms with E-state index < -0.39 is 12.0 Å². The molecule has 0 fully saturated rings. The Morgan fingerprint density at radius 1 is 1.10 bits per heavy atom. The fourth-order valence-corrected chi connectivity index (χ4v) is 2.38. The molecule has 0 aromatic heterocycles. The van der Waals surface area contributed by atoms with Gasteiger partial charge >= 0.3 is 5.97 Å². The predicted molar refractivity (Wildman–Crippen MR) is 83.0 cm³/mol. The molecule has 0 radical (unpaired) electrons. The number of nitrogens with one attached hydrogen (secondary N) is 1. The van der Waals surface area contributed by atoms with Crippen LogP contribution >= 0.6 is 15.9 Å². The quantitative estimate of drug-likeness (QED) is 0.870. The fraction of sp³-hybridized carbons (Fsp3) is 0.125. The Kier molecular flexibility index (Phi) is 5.11. The lowest BCUT2D eigenvalue weighted by Crippen LogP contribution is -2.30. The highest BCUT2D eigenvalue weighted by Gasteiger charge is 2.18. The molecule has 0 saturated heterocycles. The van der Waals surface area contributed by atoms with E-state index in [4.69, 9.17) is 5.11 Å². The van der Waals surface area contributed by atoms with Crippen LogP contribution in [0, 0.1) is 0 Å². The summed E-state index contributed by atoms with van der Waals surface area (Å²) in [6, 6.07) is 15.5. The van der Waals surface area contributed by atoms with Crippen LogP contribution in [0.5, 0.6) is 0 Å². The Hall–Kier alpha value is -2.14. The van der Waals surface area contributed by atoms with Crippen molar-refractivity contribution < 1.29 is 14.7 Å². The lowest BCUT2D eigenvalue weighted by molar-refractivity contribution is -0.137. The average molecular weight is 348 g/mol. The van der Waals surface area contributed by atoms with Crippen molar-refractivity contribution >= 4 is 27.8 Å². The third kappa shape index (κ3) is 4.43. The number of amides is 1. The van der Waals surface area contributed by atoms with Crippen LogP contribution in [-0.2, 0) is 4.79 Å². The van der Waals surface area contributed by atoms with E-state index in [0.717, 1.165) is 10.0 Å². The molecular weight excluding hydrogens is 334 g/mol. The number of benzene rings is 2. The maximum absolute atomic E-state index is 12.2. The Morgan fingerprint density at radius 3 is 2.43 bits per heavy atom. The smallest absolute Gasteiger partial charge is 0.305 e. The molecule has 0 saturated carbocycles. The highest BCUT2D eigenvalue weighted by molar-refractivity contribution is 9.10. The van der Waals surface area contributed by atoms with Crippen molar-refractivity contribution in [2.75, 3.05) is 0 Å².